The normalized spacial score (nSPS) is 10.4. The molecule has 5 nitrogen and oxygen atoms in total. The number of aromatic nitrogens is 2. The van der Waals surface area contributed by atoms with Gasteiger partial charge < -0.3 is 10.4 Å². The van der Waals surface area contributed by atoms with Crippen molar-refractivity contribution in [1.82, 2.24) is 9.59 Å². The zero-order valence-electron chi connectivity index (χ0n) is 9.07. The van der Waals surface area contributed by atoms with E-state index in [-0.39, 0.29) is 21.7 Å². The highest BCUT2D eigenvalue weighted by Crippen LogP contribution is 2.34. The van der Waals surface area contributed by atoms with E-state index in [0.29, 0.717) is 16.3 Å². The first-order valence-electron chi connectivity index (χ1n) is 4.77. The number of aryl methyl sites for hydroxylation is 1. The highest BCUT2D eigenvalue weighted by Gasteiger charge is 2.14. The molecule has 1 aromatic heterocycles. The third-order valence-corrected chi connectivity index (χ3v) is 3.54. The van der Waals surface area contributed by atoms with Crippen LogP contribution in [0.1, 0.15) is 15.4 Å². The first-order chi connectivity index (χ1) is 8.49. The van der Waals surface area contributed by atoms with Gasteiger partial charge in [0.25, 0.3) is 5.91 Å². The smallest absolute Gasteiger partial charge is 0.269 e. The number of carbonyl (C=O) groups is 1. The molecule has 0 spiro atoms. The molecule has 1 heterocycles. The molecule has 0 saturated carbocycles. The molecule has 1 aromatic carbocycles. The summed E-state index contributed by atoms with van der Waals surface area (Å²) in [7, 11) is 0. The van der Waals surface area contributed by atoms with Crippen LogP contribution in [0.5, 0.6) is 5.75 Å². The third kappa shape index (κ3) is 2.55. The maximum absolute atomic E-state index is 11.9. The van der Waals surface area contributed by atoms with Crippen molar-refractivity contribution >= 4 is 46.3 Å². The molecule has 2 rings (SSSR count). The van der Waals surface area contributed by atoms with Gasteiger partial charge in [-0.3, -0.25) is 4.79 Å². The minimum Gasteiger partial charge on any atom is -0.505 e. The Morgan fingerprint density at radius 3 is 2.50 bits per heavy atom. The lowest BCUT2D eigenvalue weighted by Gasteiger charge is -2.06. The van der Waals surface area contributed by atoms with Gasteiger partial charge >= 0.3 is 0 Å². The fourth-order valence-electron chi connectivity index (χ4n) is 1.27. The molecule has 0 unspecified atom stereocenters. The first kappa shape index (κ1) is 13.1. The van der Waals surface area contributed by atoms with Crippen molar-refractivity contribution in [1.29, 1.82) is 0 Å². The lowest BCUT2D eigenvalue weighted by Crippen LogP contribution is -2.11. The molecule has 0 bridgehead atoms. The number of rotatable bonds is 2. The number of benzene rings is 1. The molecule has 1 amide bonds. The summed E-state index contributed by atoms with van der Waals surface area (Å²) in [5, 5.41) is 15.9. The van der Waals surface area contributed by atoms with Gasteiger partial charge in [-0.2, -0.15) is 0 Å². The molecule has 94 valence electrons. The van der Waals surface area contributed by atoms with E-state index in [1.807, 2.05) is 0 Å². The van der Waals surface area contributed by atoms with E-state index in [1.165, 1.54) is 12.1 Å². The van der Waals surface area contributed by atoms with Gasteiger partial charge in [0.1, 0.15) is 4.88 Å². The van der Waals surface area contributed by atoms with Gasteiger partial charge in [-0.15, -0.1) is 5.10 Å². The summed E-state index contributed by atoms with van der Waals surface area (Å²) >= 11 is 12.5. The summed E-state index contributed by atoms with van der Waals surface area (Å²) in [6, 6.07) is 2.81. The summed E-state index contributed by atoms with van der Waals surface area (Å²) in [4.78, 5) is 12.3. The van der Waals surface area contributed by atoms with Gasteiger partial charge in [-0.05, 0) is 30.6 Å². The molecule has 0 aliphatic heterocycles. The van der Waals surface area contributed by atoms with E-state index in [1.54, 1.807) is 6.92 Å². The fraction of sp³-hybridized carbons (Fsp3) is 0.100. The summed E-state index contributed by atoms with van der Waals surface area (Å²) in [5.41, 5.74) is 0.939. The Morgan fingerprint density at radius 2 is 2.00 bits per heavy atom. The Balaban J connectivity index is 2.25. The largest absolute Gasteiger partial charge is 0.505 e. The molecular weight excluding hydrogens is 297 g/mol. The Hall–Kier alpha value is -1.37. The number of phenolic OH excluding ortho intramolecular Hbond substituents is 1. The topological polar surface area (TPSA) is 75.1 Å². The minimum atomic E-state index is -0.347. The van der Waals surface area contributed by atoms with Crippen LogP contribution in [0.3, 0.4) is 0 Å². The van der Waals surface area contributed by atoms with Crippen molar-refractivity contribution in [2.45, 2.75) is 6.92 Å². The average Bonchev–Trinajstić information content (AvgIpc) is 2.72. The lowest BCUT2D eigenvalue weighted by atomic mass is 10.3. The summed E-state index contributed by atoms with van der Waals surface area (Å²) < 4.78 is 3.67. The molecule has 0 aliphatic rings. The second-order valence-corrected chi connectivity index (χ2v) is 5.00. The number of hydrogen-bond donors (Lipinski definition) is 2. The summed E-state index contributed by atoms with van der Waals surface area (Å²) in [6.07, 6.45) is 0. The van der Waals surface area contributed by atoms with Crippen LogP contribution in [0.15, 0.2) is 12.1 Å². The van der Waals surface area contributed by atoms with Crippen molar-refractivity contribution in [3.05, 3.63) is 32.7 Å². The van der Waals surface area contributed by atoms with Gasteiger partial charge in [0, 0.05) is 5.69 Å². The number of hydrogen-bond acceptors (Lipinski definition) is 5. The van der Waals surface area contributed by atoms with Crippen LogP contribution in [0.25, 0.3) is 0 Å². The predicted octanol–water partition coefficient (Wildman–Crippen LogP) is 3.11. The van der Waals surface area contributed by atoms with E-state index < -0.39 is 0 Å². The van der Waals surface area contributed by atoms with Crippen molar-refractivity contribution in [2.24, 2.45) is 0 Å². The molecule has 2 aromatic rings. The maximum Gasteiger partial charge on any atom is 0.269 e. The molecular formula is C10H7Cl2N3O2S. The van der Waals surface area contributed by atoms with Crippen LogP contribution in [-0.2, 0) is 0 Å². The number of nitrogens with one attached hydrogen (secondary N) is 1. The highest BCUT2D eigenvalue weighted by atomic mass is 35.5. The number of halogens is 2. The number of aromatic hydroxyl groups is 1. The van der Waals surface area contributed by atoms with Crippen LogP contribution >= 0.6 is 34.7 Å². The second kappa shape index (κ2) is 5.09. The number of anilines is 1. The zero-order valence-corrected chi connectivity index (χ0v) is 11.4. The van der Waals surface area contributed by atoms with E-state index in [4.69, 9.17) is 23.2 Å². The molecule has 0 fully saturated rings. The molecule has 18 heavy (non-hydrogen) atoms. The quantitative estimate of drug-likeness (QED) is 0.836. The van der Waals surface area contributed by atoms with E-state index in [2.05, 4.69) is 14.9 Å². The highest BCUT2D eigenvalue weighted by molar-refractivity contribution is 7.08. The van der Waals surface area contributed by atoms with Crippen molar-refractivity contribution in [3.8, 4) is 5.75 Å². The van der Waals surface area contributed by atoms with Gasteiger partial charge in [-0.1, -0.05) is 27.7 Å². The van der Waals surface area contributed by atoms with Crippen molar-refractivity contribution in [2.75, 3.05) is 5.32 Å². The van der Waals surface area contributed by atoms with Crippen molar-refractivity contribution in [3.63, 3.8) is 0 Å². The van der Waals surface area contributed by atoms with Crippen LogP contribution < -0.4 is 5.32 Å². The Bertz CT molecular complexity index is 592. The minimum absolute atomic E-state index is 0.0666. The number of nitrogens with zero attached hydrogens (tertiary/aromatic N) is 2. The number of carbonyl (C=O) groups excluding carboxylic acids is 1. The lowest BCUT2D eigenvalue weighted by molar-refractivity contribution is 0.103. The molecule has 8 heteroatoms. The predicted molar refractivity (Wildman–Crippen MR) is 70.7 cm³/mol. The van der Waals surface area contributed by atoms with Crippen LogP contribution in [0.4, 0.5) is 5.69 Å². The standard InChI is InChI=1S/C10H7Cl2N3O2S/c1-4-9(18-15-14-4)10(17)13-5-2-6(11)8(16)7(12)3-5/h2-3,16H,1H3,(H,13,17). The van der Waals surface area contributed by atoms with Crippen LogP contribution in [0.2, 0.25) is 10.0 Å². The van der Waals surface area contributed by atoms with Gasteiger partial charge in [0.15, 0.2) is 5.75 Å². The SMILES string of the molecule is Cc1nnsc1C(=O)Nc1cc(Cl)c(O)c(Cl)c1. The Kier molecular flexibility index (Phi) is 3.70. The maximum atomic E-state index is 11.9. The average molecular weight is 304 g/mol. The van der Waals surface area contributed by atoms with E-state index in [9.17, 15) is 9.90 Å². The Morgan fingerprint density at radius 1 is 1.39 bits per heavy atom. The molecule has 0 atom stereocenters. The van der Waals surface area contributed by atoms with E-state index in [0.717, 1.165) is 11.5 Å². The Labute approximate surface area is 117 Å². The second-order valence-electron chi connectivity index (χ2n) is 3.43. The van der Waals surface area contributed by atoms with E-state index >= 15 is 0 Å². The molecule has 0 aliphatic carbocycles. The van der Waals surface area contributed by atoms with Gasteiger partial charge in [0.2, 0.25) is 0 Å². The fourth-order valence-corrected chi connectivity index (χ4v) is 2.30. The van der Waals surface area contributed by atoms with Gasteiger partial charge in [0.05, 0.1) is 15.7 Å². The third-order valence-electron chi connectivity index (χ3n) is 2.13. The molecule has 0 saturated heterocycles. The van der Waals surface area contributed by atoms with Crippen LogP contribution in [-0.4, -0.2) is 20.6 Å². The monoisotopic (exact) mass is 303 g/mol. The van der Waals surface area contributed by atoms with Crippen LogP contribution in [0, 0.1) is 6.92 Å². The number of amides is 1. The summed E-state index contributed by atoms with van der Waals surface area (Å²) in [6.45, 7) is 1.69. The number of phenols is 1. The zero-order chi connectivity index (χ0) is 13.3. The van der Waals surface area contributed by atoms with Gasteiger partial charge in [-0.25, -0.2) is 0 Å². The first-order valence-corrected chi connectivity index (χ1v) is 6.30. The molecule has 0 radical (unpaired) electrons. The molecule has 2 N–H and O–H groups in total. The van der Waals surface area contributed by atoms with Crippen molar-refractivity contribution < 1.29 is 9.90 Å². The summed E-state index contributed by atoms with van der Waals surface area (Å²) in [5.74, 6) is -0.563.